The summed E-state index contributed by atoms with van der Waals surface area (Å²) in [6, 6.07) is -0.0869. The molecular formula is C11H14ClN5O. The number of nitrogens with one attached hydrogen (secondary N) is 2. The Morgan fingerprint density at radius 1 is 1.61 bits per heavy atom. The van der Waals surface area contributed by atoms with Gasteiger partial charge >= 0.3 is 0 Å². The standard InChI is InChI=1S/C11H14ClN5O/c1-3-17-11(18)9(12)8(6-15-17)16-7(2)10-13-4-5-14-10/h4-7,16H,3H2,1-2H3,(H,13,14). The Morgan fingerprint density at radius 2 is 2.39 bits per heavy atom. The zero-order valence-corrected chi connectivity index (χ0v) is 10.9. The van der Waals surface area contributed by atoms with Crippen LogP contribution in [0.25, 0.3) is 0 Å². The number of H-pyrrole nitrogens is 1. The third-order valence-corrected chi connectivity index (χ3v) is 2.95. The molecule has 2 heterocycles. The first kappa shape index (κ1) is 12.6. The van der Waals surface area contributed by atoms with E-state index in [0.29, 0.717) is 12.2 Å². The largest absolute Gasteiger partial charge is 0.373 e. The number of hydrogen-bond donors (Lipinski definition) is 2. The first-order valence-electron chi connectivity index (χ1n) is 5.65. The van der Waals surface area contributed by atoms with Crippen LogP contribution in [0, 0.1) is 0 Å². The van der Waals surface area contributed by atoms with Crippen molar-refractivity contribution in [2.24, 2.45) is 0 Å². The van der Waals surface area contributed by atoms with Gasteiger partial charge in [-0.2, -0.15) is 5.10 Å². The molecule has 0 spiro atoms. The van der Waals surface area contributed by atoms with Crippen LogP contribution in [0.3, 0.4) is 0 Å². The quantitative estimate of drug-likeness (QED) is 0.886. The van der Waals surface area contributed by atoms with Gasteiger partial charge in [0.2, 0.25) is 0 Å². The molecule has 0 amide bonds. The molecule has 0 saturated heterocycles. The number of rotatable bonds is 4. The SMILES string of the molecule is CCn1ncc(NC(C)c2ncc[nH]2)c(Cl)c1=O. The van der Waals surface area contributed by atoms with Crippen LogP contribution in [0.5, 0.6) is 0 Å². The molecular weight excluding hydrogens is 254 g/mol. The van der Waals surface area contributed by atoms with Gasteiger partial charge in [0.25, 0.3) is 5.56 Å². The van der Waals surface area contributed by atoms with Crippen molar-refractivity contribution in [3.05, 3.63) is 39.8 Å². The van der Waals surface area contributed by atoms with Crippen molar-refractivity contribution in [1.82, 2.24) is 19.7 Å². The molecule has 1 unspecified atom stereocenters. The van der Waals surface area contributed by atoms with Crippen molar-refractivity contribution < 1.29 is 0 Å². The van der Waals surface area contributed by atoms with Gasteiger partial charge in [-0.05, 0) is 13.8 Å². The summed E-state index contributed by atoms with van der Waals surface area (Å²) in [7, 11) is 0. The average molecular weight is 268 g/mol. The van der Waals surface area contributed by atoms with Crippen LogP contribution in [0.1, 0.15) is 25.7 Å². The van der Waals surface area contributed by atoms with E-state index in [1.807, 2.05) is 13.8 Å². The third-order valence-electron chi connectivity index (χ3n) is 2.59. The van der Waals surface area contributed by atoms with Gasteiger partial charge in [0, 0.05) is 18.9 Å². The highest BCUT2D eigenvalue weighted by molar-refractivity contribution is 6.32. The maximum Gasteiger partial charge on any atom is 0.287 e. The summed E-state index contributed by atoms with van der Waals surface area (Å²) in [6.45, 7) is 4.25. The summed E-state index contributed by atoms with van der Waals surface area (Å²) in [5.74, 6) is 0.769. The summed E-state index contributed by atoms with van der Waals surface area (Å²) in [5, 5.41) is 7.27. The number of nitrogens with zero attached hydrogens (tertiary/aromatic N) is 3. The second kappa shape index (κ2) is 5.22. The van der Waals surface area contributed by atoms with E-state index in [-0.39, 0.29) is 16.6 Å². The molecule has 0 saturated carbocycles. The highest BCUT2D eigenvalue weighted by Crippen LogP contribution is 2.20. The van der Waals surface area contributed by atoms with Gasteiger partial charge in [0.05, 0.1) is 17.9 Å². The van der Waals surface area contributed by atoms with E-state index in [4.69, 9.17) is 11.6 Å². The van der Waals surface area contributed by atoms with Crippen LogP contribution in [0.4, 0.5) is 5.69 Å². The summed E-state index contributed by atoms with van der Waals surface area (Å²) in [6.07, 6.45) is 4.96. The number of aromatic amines is 1. The van der Waals surface area contributed by atoms with Crippen LogP contribution in [-0.2, 0) is 6.54 Å². The molecule has 7 heteroatoms. The van der Waals surface area contributed by atoms with E-state index in [1.165, 1.54) is 4.68 Å². The van der Waals surface area contributed by atoms with Crippen LogP contribution >= 0.6 is 11.6 Å². The normalized spacial score (nSPS) is 12.4. The zero-order valence-electron chi connectivity index (χ0n) is 10.1. The summed E-state index contributed by atoms with van der Waals surface area (Å²) < 4.78 is 1.31. The Bertz CT molecular complexity index is 578. The van der Waals surface area contributed by atoms with E-state index in [9.17, 15) is 4.79 Å². The molecule has 2 rings (SSSR count). The molecule has 0 radical (unpaired) electrons. The Morgan fingerprint density at radius 3 is 3.00 bits per heavy atom. The first-order valence-corrected chi connectivity index (χ1v) is 6.02. The lowest BCUT2D eigenvalue weighted by molar-refractivity contribution is 0.615. The van der Waals surface area contributed by atoms with E-state index in [1.54, 1.807) is 18.6 Å². The average Bonchev–Trinajstić information content (AvgIpc) is 2.89. The van der Waals surface area contributed by atoms with Crippen molar-refractivity contribution in [3.8, 4) is 0 Å². The van der Waals surface area contributed by atoms with Crippen LogP contribution in [-0.4, -0.2) is 19.7 Å². The predicted octanol–water partition coefficient (Wildman–Crippen LogP) is 1.81. The molecule has 2 aromatic rings. The van der Waals surface area contributed by atoms with E-state index >= 15 is 0 Å². The predicted molar refractivity (Wildman–Crippen MR) is 69.8 cm³/mol. The van der Waals surface area contributed by atoms with Gasteiger partial charge < -0.3 is 10.3 Å². The van der Waals surface area contributed by atoms with Crippen molar-refractivity contribution in [3.63, 3.8) is 0 Å². The van der Waals surface area contributed by atoms with Gasteiger partial charge in [-0.25, -0.2) is 9.67 Å². The van der Waals surface area contributed by atoms with Crippen molar-refractivity contribution in [2.75, 3.05) is 5.32 Å². The number of halogens is 1. The molecule has 0 bridgehead atoms. The van der Waals surface area contributed by atoms with E-state index in [0.717, 1.165) is 5.82 Å². The van der Waals surface area contributed by atoms with Crippen molar-refractivity contribution >= 4 is 17.3 Å². The molecule has 1 atom stereocenters. The fourth-order valence-electron chi connectivity index (χ4n) is 1.61. The van der Waals surface area contributed by atoms with Gasteiger partial charge in [-0.3, -0.25) is 4.79 Å². The Kier molecular flexibility index (Phi) is 3.66. The Hall–Kier alpha value is -1.82. The fourth-order valence-corrected chi connectivity index (χ4v) is 1.81. The lowest BCUT2D eigenvalue weighted by atomic mass is 10.3. The van der Waals surface area contributed by atoms with E-state index in [2.05, 4.69) is 20.4 Å². The summed E-state index contributed by atoms with van der Waals surface area (Å²) >= 11 is 6.02. The minimum absolute atomic E-state index is 0.0869. The van der Waals surface area contributed by atoms with Crippen molar-refractivity contribution in [2.45, 2.75) is 26.4 Å². The third kappa shape index (κ3) is 2.38. The summed E-state index contributed by atoms with van der Waals surface area (Å²) in [5.41, 5.74) is 0.214. The van der Waals surface area contributed by atoms with Crippen LogP contribution in [0.2, 0.25) is 5.02 Å². The molecule has 96 valence electrons. The second-order valence-corrected chi connectivity index (χ2v) is 4.21. The first-order chi connectivity index (χ1) is 8.63. The minimum Gasteiger partial charge on any atom is -0.373 e. The summed E-state index contributed by atoms with van der Waals surface area (Å²) in [4.78, 5) is 18.9. The van der Waals surface area contributed by atoms with Gasteiger partial charge in [-0.15, -0.1) is 0 Å². The number of aromatic nitrogens is 4. The molecule has 18 heavy (non-hydrogen) atoms. The van der Waals surface area contributed by atoms with Crippen molar-refractivity contribution in [1.29, 1.82) is 0 Å². The highest BCUT2D eigenvalue weighted by Gasteiger charge is 2.13. The van der Waals surface area contributed by atoms with Crippen LogP contribution in [0.15, 0.2) is 23.4 Å². The zero-order chi connectivity index (χ0) is 13.1. The Balaban J connectivity index is 2.25. The maximum absolute atomic E-state index is 11.8. The number of anilines is 1. The molecule has 0 aromatic carbocycles. The number of aryl methyl sites for hydroxylation is 1. The van der Waals surface area contributed by atoms with E-state index < -0.39 is 0 Å². The Labute approximate surface area is 109 Å². The second-order valence-electron chi connectivity index (χ2n) is 3.83. The molecule has 0 aliphatic rings. The molecule has 0 aliphatic carbocycles. The molecule has 6 nitrogen and oxygen atoms in total. The monoisotopic (exact) mass is 267 g/mol. The van der Waals surface area contributed by atoms with Gasteiger partial charge in [-0.1, -0.05) is 11.6 Å². The van der Waals surface area contributed by atoms with Gasteiger partial charge in [0.15, 0.2) is 0 Å². The highest BCUT2D eigenvalue weighted by atomic mass is 35.5. The van der Waals surface area contributed by atoms with Crippen LogP contribution < -0.4 is 10.9 Å². The maximum atomic E-state index is 11.8. The molecule has 2 aromatic heterocycles. The lowest BCUT2D eigenvalue weighted by Crippen LogP contribution is -2.24. The number of imidazole rings is 1. The molecule has 2 N–H and O–H groups in total. The smallest absolute Gasteiger partial charge is 0.287 e. The molecule has 0 fully saturated rings. The lowest BCUT2D eigenvalue weighted by Gasteiger charge is -2.14. The van der Waals surface area contributed by atoms with Gasteiger partial charge in [0.1, 0.15) is 10.8 Å². The number of hydrogen-bond acceptors (Lipinski definition) is 4. The fraction of sp³-hybridized carbons (Fsp3) is 0.364. The topological polar surface area (TPSA) is 75.6 Å². The minimum atomic E-state index is -0.296. The molecule has 0 aliphatic heterocycles.